The summed E-state index contributed by atoms with van der Waals surface area (Å²) in [5.41, 5.74) is 1.73. The van der Waals surface area contributed by atoms with Crippen LogP contribution in [0.2, 0.25) is 0 Å². The number of pyridine rings is 1. The summed E-state index contributed by atoms with van der Waals surface area (Å²) in [6.45, 7) is 2.47. The molecule has 0 aromatic carbocycles. The zero-order valence-corrected chi connectivity index (χ0v) is 10.0. The van der Waals surface area contributed by atoms with Gasteiger partial charge in [-0.25, -0.2) is 0 Å². The number of hydrogen-bond donors (Lipinski definition) is 1. The molecule has 4 nitrogen and oxygen atoms in total. The summed E-state index contributed by atoms with van der Waals surface area (Å²) in [5.74, 6) is 0. The van der Waals surface area contributed by atoms with Gasteiger partial charge in [0.25, 0.3) is 0 Å². The van der Waals surface area contributed by atoms with E-state index in [9.17, 15) is 5.11 Å². The summed E-state index contributed by atoms with van der Waals surface area (Å²) < 4.78 is 0. The summed E-state index contributed by atoms with van der Waals surface area (Å²) >= 11 is 0. The van der Waals surface area contributed by atoms with Crippen molar-refractivity contribution in [2.75, 3.05) is 11.4 Å². The number of anilines is 1. The molecule has 90 valence electrons. The lowest BCUT2D eigenvalue weighted by Gasteiger charge is -2.23. The average molecular weight is 231 g/mol. The van der Waals surface area contributed by atoms with Crippen molar-refractivity contribution in [2.24, 2.45) is 0 Å². The van der Waals surface area contributed by atoms with E-state index < -0.39 is 6.10 Å². The molecule has 0 aliphatic heterocycles. The molecule has 1 atom stereocenters. The molecule has 1 saturated carbocycles. The highest BCUT2D eigenvalue weighted by atomic mass is 16.3. The van der Waals surface area contributed by atoms with Gasteiger partial charge in [0, 0.05) is 12.6 Å². The summed E-state index contributed by atoms with van der Waals surface area (Å²) in [7, 11) is 0. The van der Waals surface area contributed by atoms with Crippen molar-refractivity contribution < 1.29 is 5.11 Å². The molecule has 2 rings (SSSR count). The Morgan fingerprint density at radius 3 is 2.82 bits per heavy atom. The van der Waals surface area contributed by atoms with Crippen molar-refractivity contribution in [1.82, 2.24) is 4.98 Å². The number of hydrogen-bond acceptors (Lipinski definition) is 4. The Hall–Kier alpha value is -1.60. The molecule has 4 heteroatoms. The molecule has 1 N–H and O–H groups in total. The normalized spacial score (nSPS) is 16.3. The highest BCUT2D eigenvalue weighted by molar-refractivity contribution is 5.47. The standard InChI is InChI=1S/C13H17N3O/c1-10(17)13-6-5-12(9-15-13)16(8-2-7-14)11-3-4-11/h5-6,9-11,17H,2-4,8H2,1H3. The van der Waals surface area contributed by atoms with Gasteiger partial charge in [-0.3, -0.25) is 4.98 Å². The lowest BCUT2D eigenvalue weighted by atomic mass is 10.2. The SMILES string of the molecule is CC(O)c1ccc(N(CCC#N)C2CC2)cn1. The molecule has 1 heterocycles. The Morgan fingerprint density at radius 1 is 1.59 bits per heavy atom. The van der Waals surface area contributed by atoms with E-state index in [1.54, 1.807) is 13.1 Å². The Balaban J connectivity index is 2.10. The minimum Gasteiger partial charge on any atom is -0.387 e. The molecule has 17 heavy (non-hydrogen) atoms. The zero-order valence-electron chi connectivity index (χ0n) is 10.0. The second kappa shape index (κ2) is 5.15. The fourth-order valence-electron chi connectivity index (χ4n) is 1.89. The smallest absolute Gasteiger partial charge is 0.0931 e. The first kappa shape index (κ1) is 11.9. The Morgan fingerprint density at radius 2 is 2.35 bits per heavy atom. The lowest BCUT2D eigenvalue weighted by Crippen LogP contribution is -2.26. The number of aliphatic hydroxyl groups is 1. The molecule has 0 radical (unpaired) electrons. The highest BCUT2D eigenvalue weighted by Gasteiger charge is 2.29. The van der Waals surface area contributed by atoms with E-state index in [-0.39, 0.29) is 0 Å². The monoisotopic (exact) mass is 231 g/mol. The van der Waals surface area contributed by atoms with Gasteiger partial charge in [-0.15, -0.1) is 0 Å². The first-order valence-electron chi connectivity index (χ1n) is 6.00. The maximum absolute atomic E-state index is 9.40. The van der Waals surface area contributed by atoms with Crippen molar-refractivity contribution in [3.05, 3.63) is 24.0 Å². The van der Waals surface area contributed by atoms with Gasteiger partial charge in [0.15, 0.2) is 0 Å². The fourth-order valence-corrected chi connectivity index (χ4v) is 1.89. The van der Waals surface area contributed by atoms with Crippen LogP contribution in [-0.4, -0.2) is 22.7 Å². The van der Waals surface area contributed by atoms with Crippen LogP contribution in [0.15, 0.2) is 18.3 Å². The predicted octanol–water partition coefficient (Wildman–Crippen LogP) is 2.02. The van der Waals surface area contributed by atoms with E-state index in [4.69, 9.17) is 5.26 Å². The van der Waals surface area contributed by atoms with E-state index in [1.165, 1.54) is 12.8 Å². The van der Waals surface area contributed by atoms with Crippen molar-refractivity contribution in [3.8, 4) is 6.07 Å². The predicted molar refractivity (Wildman–Crippen MR) is 65.5 cm³/mol. The number of nitrogens with zero attached hydrogens (tertiary/aromatic N) is 3. The Kier molecular flexibility index (Phi) is 3.60. The van der Waals surface area contributed by atoms with Crippen LogP contribution in [0.3, 0.4) is 0 Å². The van der Waals surface area contributed by atoms with Gasteiger partial charge in [-0.05, 0) is 31.9 Å². The maximum atomic E-state index is 9.40. The van der Waals surface area contributed by atoms with Crippen molar-refractivity contribution in [3.63, 3.8) is 0 Å². The molecule has 1 aromatic rings. The van der Waals surface area contributed by atoms with E-state index in [1.807, 2.05) is 12.1 Å². The molecule has 0 spiro atoms. The zero-order chi connectivity index (χ0) is 12.3. The summed E-state index contributed by atoms with van der Waals surface area (Å²) in [4.78, 5) is 6.48. The molecule has 0 saturated heterocycles. The van der Waals surface area contributed by atoms with Crippen molar-refractivity contribution in [2.45, 2.75) is 38.3 Å². The second-order valence-electron chi connectivity index (χ2n) is 4.45. The molecule has 1 aliphatic rings. The first-order chi connectivity index (χ1) is 8.22. The molecule has 1 aromatic heterocycles. The lowest BCUT2D eigenvalue weighted by molar-refractivity contribution is 0.194. The molecule has 1 fully saturated rings. The second-order valence-corrected chi connectivity index (χ2v) is 4.45. The first-order valence-corrected chi connectivity index (χ1v) is 6.00. The minimum absolute atomic E-state index is 0.530. The van der Waals surface area contributed by atoms with Crippen LogP contribution >= 0.6 is 0 Å². The Bertz CT molecular complexity index is 404. The number of aliphatic hydroxyl groups excluding tert-OH is 1. The summed E-state index contributed by atoms with van der Waals surface area (Å²) in [6.07, 6.45) is 4.19. The number of aromatic nitrogens is 1. The van der Waals surface area contributed by atoms with Crippen LogP contribution in [0.1, 0.15) is 38.0 Å². The minimum atomic E-state index is -0.530. The van der Waals surface area contributed by atoms with Crippen LogP contribution in [0, 0.1) is 11.3 Å². The molecule has 0 bridgehead atoms. The van der Waals surface area contributed by atoms with E-state index >= 15 is 0 Å². The molecule has 0 amide bonds. The fraction of sp³-hybridized carbons (Fsp3) is 0.538. The van der Waals surface area contributed by atoms with Crippen LogP contribution in [0.4, 0.5) is 5.69 Å². The van der Waals surface area contributed by atoms with Crippen molar-refractivity contribution >= 4 is 5.69 Å². The largest absolute Gasteiger partial charge is 0.387 e. The topological polar surface area (TPSA) is 60.1 Å². The number of rotatable bonds is 5. The molecule has 1 aliphatic carbocycles. The van der Waals surface area contributed by atoms with E-state index in [0.29, 0.717) is 18.2 Å². The molecule has 1 unspecified atom stereocenters. The van der Waals surface area contributed by atoms with Gasteiger partial charge in [-0.2, -0.15) is 5.26 Å². The van der Waals surface area contributed by atoms with Crippen LogP contribution in [0.5, 0.6) is 0 Å². The van der Waals surface area contributed by atoms with Gasteiger partial charge in [0.05, 0.1) is 36.2 Å². The number of nitriles is 1. The van der Waals surface area contributed by atoms with Gasteiger partial charge in [0.2, 0.25) is 0 Å². The average Bonchev–Trinajstić information content (AvgIpc) is 3.14. The summed E-state index contributed by atoms with van der Waals surface area (Å²) in [6, 6.07) is 6.58. The van der Waals surface area contributed by atoms with Gasteiger partial charge in [0.1, 0.15) is 0 Å². The van der Waals surface area contributed by atoms with Crippen LogP contribution in [0.25, 0.3) is 0 Å². The maximum Gasteiger partial charge on any atom is 0.0931 e. The van der Waals surface area contributed by atoms with Gasteiger partial charge in [-0.1, -0.05) is 0 Å². The molecular formula is C13H17N3O. The van der Waals surface area contributed by atoms with Gasteiger partial charge >= 0.3 is 0 Å². The van der Waals surface area contributed by atoms with Crippen LogP contribution in [-0.2, 0) is 0 Å². The quantitative estimate of drug-likeness (QED) is 0.842. The molecular weight excluding hydrogens is 214 g/mol. The van der Waals surface area contributed by atoms with Gasteiger partial charge < -0.3 is 10.0 Å². The Labute approximate surface area is 102 Å². The van der Waals surface area contributed by atoms with E-state index in [0.717, 1.165) is 12.2 Å². The highest BCUT2D eigenvalue weighted by Crippen LogP contribution is 2.31. The third-order valence-electron chi connectivity index (χ3n) is 2.98. The van der Waals surface area contributed by atoms with E-state index in [2.05, 4.69) is 16.0 Å². The third-order valence-corrected chi connectivity index (χ3v) is 2.98. The summed E-state index contributed by atoms with van der Waals surface area (Å²) in [5, 5.41) is 18.1. The van der Waals surface area contributed by atoms with Crippen molar-refractivity contribution in [1.29, 1.82) is 5.26 Å². The van der Waals surface area contributed by atoms with Crippen LogP contribution < -0.4 is 4.90 Å². The third kappa shape index (κ3) is 2.95.